The first-order valence-corrected chi connectivity index (χ1v) is 41.2. The summed E-state index contributed by atoms with van der Waals surface area (Å²) in [4.78, 5) is 63.5. The summed E-state index contributed by atoms with van der Waals surface area (Å²) in [6.07, 6.45) is 0. The third-order valence-corrected chi connectivity index (χ3v) is 23.4. The van der Waals surface area contributed by atoms with Gasteiger partial charge in [0.25, 0.3) is 0 Å². The van der Waals surface area contributed by atoms with Crippen LogP contribution < -0.4 is 0 Å². The van der Waals surface area contributed by atoms with E-state index in [1.54, 1.807) is 0 Å². The van der Waals surface area contributed by atoms with Crippen LogP contribution in [0.5, 0.6) is 0 Å². The third-order valence-electron chi connectivity index (χ3n) is 23.4. The Bertz CT molecular complexity index is 8240. The number of fused-ring (bicyclic) bond motifs is 12. The molecule has 0 unspecified atom stereocenters. The number of rotatable bonds is 15. The summed E-state index contributed by atoms with van der Waals surface area (Å²) in [6.45, 7) is 0. The van der Waals surface area contributed by atoms with Crippen LogP contribution in [0.25, 0.3) is 236 Å². The van der Waals surface area contributed by atoms with Crippen molar-refractivity contribution in [2.75, 3.05) is 0 Å². The zero-order chi connectivity index (χ0) is 81.7. The largest absolute Gasteiger partial charge is 0.278 e. The average molecular weight is 1590 g/mol. The molecule has 16 heteroatoms. The molecule has 0 aliphatic heterocycles. The number of hydrogen-bond donors (Lipinski definition) is 0. The molecule has 0 radical (unpaired) electrons. The topological polar surface area (TPSA) is 174 Å². The minimum atomic E-state index is 0.475. The maximum Gasteiger partial charge on any atom is 0.238 e. The van der Waals surface area contributed by atoms with Gasteiger partial charge >= 0.3 is 0 Å². The first-order valence-electron chi connectivity index (χ1n) is 41.2. The summed E-state index contributed by atoms with van der Waals surface area (Å²) in [6, 6.07) is 138. The zero-order valence-electron chi connectivity index (χ0n) is 66.3. The fraction of sp³-hybridized carbons (Fsp3) is 0. The lowest BCUT2D eigenvalue weighted by Crippen LogP contribution is -2.06. The van der Waals surface area contributed by atoms with Gasteiger partial charge in [0, 0.05) is 87.6 Å². The van der Waals surface area contributed by atoms with Gasteiger partial charge in [-0.05, 0) is 100 Å². The number of para-hydroxylation sites is 4. The Morgan fingerprint density at radius 2 is 0.306 bits per heavy atom. The molecule has 0 spiro atoms. The minimum Gasteiger partial charge on any atom is -0.278 e. The molecule has 16 nitrogen and oxygen atoms in total. The highest BCUT2D eigenvalue weighted by Crippen LogP contribution is 2.43. The summed E-state index contributed by atoms with van der Waals surface area (Å²) in [5.41, 5.74) is 20.6. The number of nitrogens with zero attached hydrogens (tertiary/aromatic N) is 16. The van der Waals surface area contributed by atoms with E-state index in [4.69, 9.17) is 59.8 Å². The molecule has 24 rings (SSSR count). The molecule has 8 aromatic heterocycles. The smallest absolute Gasteiger partial charge is 0.238 e. The zero-order valence-corrected chi connectivity index (χ0v) is 66.3. The minimum absolute atomic E-state index is 0.475. The molecule has 0 bridgehead atoms. The molecular formula is C108H66N16. The van der Waals surface area contributed by atoms with Gasteiger partial charge < -0.3 is 0 Å². The summed E-state index contributed by atoms with van der Waals surface area (Å²) in [7, 11) is 0. The summed E-state index contributed by atoms with van der Waals surface area (Å²) < 4.78 is 8.71. The Hall–Kier alpha value is -17.2. The van der Waals surface area contributed by atoms with Gasteiger partial charge in [-0.3, -0.25) is 18.3 Å². The van der Waals surface area contributed by atoms with E-state index in [1.165, 1.54) is 0 Å². The van der Waals surface area contributed by atoms with Crippen LogP contribution in [0.2, 0.25) is 0 Å². The van der Waals surface area contributed by atoms with Crippen LogP contribution in [0.15, 0.2) is 400 Å². The van der Waals surface area contributed by atoms with Crippen molar-refractivity contribution < 1.29 is 0 Å². The molecular weight excluding hydrogens is 1520 g/mol. The van der Waals surface area contributed by atoms with Crippen molar-refractivity contribution in [3.8, 4) is 148 Å². The van der Waals surface area contributed by atoms with Crippen molar-refractivity contribution in [2.45, 2.75) is 0 Å². The van der Waals surface area contributed by atoms with Crippen molar-refractivity contribution in [1.82, 2.24) is 78.1 Å². The van der Waals surface area contributed by atoms with Gasteiger partial charge in [-0.15, -0.1) is 0 Å². The highest BCUT2D eigenvalue weighted by Gasteiger charge is 2.26. The molecule has 0 aliphatic carbocycles. The number of aromatic nitrogens is 16. The normalized spacial score (nSPS) is 11.7. The Kier molecular flexibility index (Phi) is 16.8. The third kappa shape index (κ3) is 12.3. The Morgan fingerprint density at radius 3 is 0.597 bits per heavy atom. The molecule has 0 amide bonds. The quantitative estimate of drug-likeness (QED) is 0.0951. The van der Waals surface area contributed by atoms with Gasteiger partial charge in [-0.1, -0.05) is 334 Å². The first-order chi connectivity index (χ1) is 61.4. The van der Waals surface area contributed by atoms with Gasteiger partial charge in [0.2, 0.25) is 23.8 Å². The van der Waals surface area contributed by atoms with E-state index in [-0.39, 0.29) is 0 Å². The van der Waals surface area contributed by atoms with Crippen LogP contribution >= 0.6 is 0 Å². The summed E-state index contributed by atoms with van der Waals surface area (Å²) in [5.74, 6) is 6.46. The highest BCUT2D eigenvalue weighted by molar-refractivity contribution is 6.14. The predicted molar refractivity (Wildman–Crippen MR) is 497 cm³/mol. The lowest BCUT2D eigenvalue weighted by molar-refractivity contribution is 0.952. The Balaban J connectivity index is 0.606. The van der Waals surface area contributed by atoms with Crippen molar-refractivity contribution >= 4 is 87.2 Å². The second-order valence-electron chi connectivity index (χ2n) is 30.8. The van der Waals surface area contributed by atoms with Crippen LogP contribution in [0.3, 0.4) is 0 Å². The SMILES string of the molecule is c1ccc(-c2nc(-c3ccccc3)nc(-n3c4ccccc4c4cc(-c5ccc6c7ccccc7n(-c7nc(-c8ccccc8)nc(-c8cccc(-c9cccc(-c%10nc(-c%11ccccc%11)nc(-n%11c%12ccccc%12c%12ccc(-c%13ccc%14c%15ccccc%15n(-c%15nc(-c%16ccccc%16)nc(-c%16ccccc%16)n%15)c%14c%13)cc%12%11)n%10)c9)c8)n7)c6c5)ccc43)n2)cc1. The number of benzene rings is 16. The van der Waals surface area contributed by atoms with Gasteiger partial charge in [0.1, 0.15) is 0 Å². The predicted octanol–water partition coefficient (Wildman–Crippen LogP) is 25.2. The molecule has 0 fully saturated rings. The molecule has 8 heterocycles. The lowest BCUT2D eigenvalue weighted by Gasteiger charge is -2.13. The van der Waals surface area contributed by atoms with Gasteiger partial charge in [0.15, 0.2) is 46.6 Å². The second kappa shape index (κ2) is 29.4. The average Bonchev–Trinajstić information content (AvgIpc) is 1.58. The fourth-order valence-electron chi connectivity index (χ4n) is 17.6. The molecule has 16 aromatic carbocycles. The van der Waals surface area contributed by atoms with Crippen molar-refractivity contribution in [2.24, 2.45) is 0 Å². The van der Waals surface area contributed by atoms with Crippen LogP contribution in [0.4, 0.5) is 0 Å². The molecule has 0 atom stereocenters. The maximum atomic E-state index is 5.52. The van der Waals surface area contributed by atoms with E-state index in [2.05, 4.69) is 237 Å². The molecule has 0 saturated heterocycles. The van der Waals surface area contributed by atoms with Crippen molar-refractivity contribution in [3.05, 3.63) is 400 Å². The highest BCUT2D eigenvalue weighted by atomic mass is 15.2. The van der Waals surface area contributed by atoms with Crippen molar-refractivity contribution in [1.29, 1.82) is 0 Å². The molecule has 578 valence electrons. The fourth-order valence-corrected chi connectivity index (χ4v) is 17.6. The van der Waals surface area contributed by atoms with Crippen LogP contribution in [-0.2, 0) is 0 Å². The van der Waals surface area contributed by atoms with E-state index in [9.17, 15) is 0 Å². The standard InChI is InChI=1S/C108H66N16/c1-7-29-67(30-8-1)97-109-98(68-31-9-2-10-32-68)114-105(113-97)121-92-52-26-22-48-84(92)88-63-75(56-60-93(88)121)76-53-57-85-81-45-20-24-50-90(81)123(94(85)64-76)107-117-101(71-37-15-5-16-38-71)111-103(119-107)79-43-27-41-73(61-79)74-42-28-44-80(62-74)104-112-102(72-39-17-6-18-40-72)118-108(120-104)124-91-51-25-21-47-83(91)87-59-55-78(66-96(87)124)77-54-58-86-82-46-19-23-49-89(82)122(95(86)65-77)106-115-99(69-33-11-3-12-34-69)110-100(116-106)70-35-13-4-14-36-70/h1-66H. The molecule has 0 aliphatic rings. The lowest BCUT2D eigenvalue weighted by atomic mass is 10.0. The Morgan fingerprint density at radius 1 is 0.113 bits per heavy atom. The van der Waals surface area contributed by atoms with Crippen molar-refractivity contribution in [3.63, 3.8) is 0 Å². The van der Waals surface area contributed by atoms with Gasteiger partial charge in [0.05, 0.1) is 44.1 Å². The van der Waals surface area contributed by atoms with Crippen LogP contribution in [-0.4, -0.2) is 78.1 Å². The van der Waals surface area contributed by atoms with Crippen LogP contribution in [0.1, 0.15) is 0 Å². The monoisotopic (exact) mass is 1590 g/mol. The van der Waals surface area contributed by atoms with E-state index in [0.717, 1.165) is 165 Å². The van der Waals surface area contributed by atoms with Gasteiger partial charge in [-0.25, -0.2) is 19.9 Å². The van der Waals surface area contributed by atoms with E-state index >= 15 is 0 Å². The molecule has 124 heavy (non-hydrogen) atoms. The first kappa shape index (κ1) is 70.9. The van der Waals surface area contributed by atoms with E-state index in [1.807, 2.05) is 182 Å². The summed E-state index contributed by atoms with van der Waals surface area (Å²) >= 11 is 0. The Labute approximate surface area is 709 Å². The van der Waals surface area contributed by atoms with E-state index < -0.39 is 0 Å². The summed E-state index contributed by atoms with van der Waals surface area (Å²) in [5, 5.41) is 8.55. The van der Waals surface area contributed by atoms with E-state index in [0.29, 0.717) is 70.4 Å². The molecule has 0 N–H and O–H groups in total. The van der Waals surface area contributed by atoms with Crippen LogP contribution in [0, 0.1) is 0 Å². The second-order valence-corrected chi connectivity index (χ2v) is 30.8. The molecule has 0 saturated carbocycles. The molecule has 24 aromatic rings. The maximum absolute atomic E-state index is 5.52. The van der Waals surface area contributed by atoms with Gasteiger partial charge in [-0.2, -0.15) is 39.9 Å². The number of hydrogen-bond acceptors (Lipinski definition) is 12.